The highest BCUT2D eigenvalue weighted by molar-refractivity contribution is 5.79. The molecule has 0 aliphatic rings. The van der Waals surface area contributed by atoms with Gasteiger partial charge in [0.05, 0.1) is 6.54 Å². The quantitative estimate of drug-likeness (QED) is 0.575. The molecular formula is C19H22N6. The summed E-state index contributed by atoms with van der Waals surface area (Å²) in [5.41, 5.74) is 2.29. The van der Waals surface area contributed by atoms with Gasteiger partial charge in [0.1, 0.15) is 12.1 Å². The Hall–Kier alpha value is -3.15. The van der Waals surface area contributed by atoms with Crippen LogP contribution in [0.4, 0.5) is 0 Å². The van der Waals surface area contributed by atoms with E-state index < -0.39 is 0 Å². The van der Waals surface area contributed by atoms with Crippen molar-refractivity contribution in [1.29, 1.82) is 0 Å². The van der Waals surface area contributed by atoms with Gasteiger partial charge in [-0.05, 0) is 17.2 Å². The average Bonchev–Trinajstić information content (AvgIpc) is 3.17. The normalized spacial score (nSPS) is 11.4. The highest BCUT2D eigenvalue weighted by atomic mass is 15.3. The number of guanidine groups is 1. The van der Waals surface area contributed by atoms with Gasteiger partial charge in [-0.1, -0.05) is 36.4 Å². The topological polar surface area (TPSA) is 58.3 Å². The molecule has 0 spiro atoms. The maximum atomic E-state index is 4.67. The molecule has 2 heterocycles. The molecule has 0 fully saturated rings. The molecule has 25 heavy (non-hydrogen) atoms. The van der Waals surface area contributed by atoms with Gasteiger partial charge in [0.15, 0.2) is 5.96 Å². The minimum absolute atomic E-state index is 0.576. The molecule has 6 heteroatoms. The summed E-state index contributed by atoms with van der Waals surface area (Å²) in [7, 11) is 3.97. The van der Waals surface area contributed by atoms with Crippen molar-refractivity contribution < 1.29 is 0 Å². The van der Waals surface area contributed by atoms with Gasteiger partial charge in [0.2, 0.25) is 0 Å². The van der Waals surface area contributed by atoms with Crippen molar-refractivity contribution in [3.05, 3.63) is 78.5 Å². The minimum Gasteiger partial charge on any atom is -0.352 e. The Morgan fingerprint density at radius 2 is 1.96 bits per heavy atom. The van der Waals surface area contributed by atoms with Crippen LogP contribution >= 0.6 is 0 Å². The molecule has 3 aromatic rings. The van der Waals surface area contributed by atoms with Gasteiger partial charge < -0.3 is 10.2 Å². The van der Waals surface area contributed by atoms with Crippen LogP contribution in [0.2, 0.25) is 0 Å². The standard InChI is InChI=1S/C19H22N6/c1-24(2)19(22-12-16-6-4-3-5-7-16)23-14-17-8-9-18(21-13-17)25-11-10-20-15-25/h3-11,13,15H,12,14H2,1-2H3,(H,22,23). The minimum atomic E-state index is 0.576. The molecule has 1 aromatic carbocycles. The first-order valence-corrected chi connectivity index (χ1v) is 8.15. The van der Waals surface area contributed by atoms with Gasteiger partial charge in [-0.15, -0.1) is 0 Å². The number of imidazole rings is 1. The van der Waals surface area contributed by atoms with E-state index in [1.165, 1.54) is 5.56 Å². The summed E-state index contributed by atoms with van der Waals surface area (Å²) in [6.07, 6.45) is 7.20. The molecule has 1 N–H and O–H groups in total. The lowest BCUT2D eigenvalue weighted by atomic mass is 10.2. The van der Waals surface area contributed by atoms with Crippen molar-refractivity contribution in [2.45, 2.75) is 13.1 Å². The molecule has 0 atom stereocenters. The Balaban J connectivity index is 1.63. The summed E-state index contributed by atoms with van der Waals surface area (Å²) in [6.45, 7) is 1.32. The van der Waals surface area contributed by atoms with Crippen LogP contribution < -0.4 is 5.32 Å². The van der Waals surface area contributed by atoms with E-state index >= 15 is 0 Å². The number of rotatable bonds is 5. The molecule has 0 unspecified atom stereocenters. The Kier molecular flexibility index (Phi) is 5.41. The first-order valence-electron chi connectivity index (χ1n) is 8.15. The molecule has 0 bridgehead atoms. The van der Waals surface area contributed by atoms with Crippen LogP contribution in [0.3, 0.4) is 0 Å². The van der Waals surface area contributed by atoms with Gasteiger partial charge in [-0.25, -0.2) is 15.0 Å². The number of aliphatic imine (C=N–C) groups is 1. The third-order valence-electron chi connectivity index (χ3n) is 3.71. The first kappa shape index (κ1) is 16.7. The number of hydrogen-bond donors (Lipinski definition) is 1. The van der Waals surface area contributed by atoms with E-state index in [4.69, 9.17) is 0 Å². The number of benzene rings is 1. The largest absolute Gasteiger partial charge is 0.352 e. The zero-order chi connectivity index (χ0) is 17.5. The number of hydrogen-bond acceptors (Lipinski definition) is 3. The van der Waals surface area contributed by atoms with Gasteiger partial charge in [-0.2, -0.15) is 0 Å². The molecule has 0 amide bonds. The third-order valence-corrected chi connectivity index (χ3v) is 3.71. The van der Waals surface area contributed by atoms with Crippen molar-refractivity contribution >= 4 is 5.96 Å². The van der Waals surface area contributed by atoms with Crippen molar-refractivity contribution in [2.24, 2.45) is 4.99 Å². The maximum Gasteiger partial charge on any atom is 0.194 e. The second-order valence-electron chi connectivity index (χ2n) is 5.87. The zero-order valence-corrected chi connectivity index (χ0v) is 14.5. The monoisotopic (exact) mass is 334 g/mol. The number of aromatic nitrogens is 3. The fourth-order valence-electron chi connectivity index (χ4n) is 2.36. The summed E-state index contributed by atoms with van der Waals surface area (Å²) in [5, 5.41) is 3.38. The lowest BCUT2D eigenvalue weighted by Gasteiger charge is -2.17. The third kappa shape index (κ3) is 4.67. The van der Waals surface area contributed by atoms with E-state index in [0.717, 1.165) is 23.9 Å². The lowest BCUT2D eigenvalue weighted by molar-refractivity contribution is 0.578. The van der Waals surface area contributed by atoms with Crippen LogP contribution in [0.5, 0.6) is 0 Å². The van der Waals surface area contributed by atoms with Crippen LogP contribution in [0, 0.1) is 0 Å². The Labute approximate surface area is 147 Å². The molecule has 3 rings (SSSR count). The Bertz CT molecular complexity index is 792. The van der Waals surface area contributed by atoms with Gasteiger partial charge in [0, 0.05) is 39.2 Å². The van der Waals surface area contributed by atoms with Crippen LogP contribution in [0.25, 0.3) is 5.82 Å². The van der Waals surface area contributed by atoms with Gasteiger partial charge >= 0.3 is 0 Å². The average molecular weight is 334 g/mol. The van der Waals surface area contributed by atoms with E-state index in [2.05, 4.69) is 32.4 Å². The van der Waals surface area contributed by atoms with Crippen LogP contribution in [-0.4, -0.2) is 39.5 Å². The fourth-order valence-corrected chi connectivity index (χ4v) is 2.36. The summed E-state index contributed by atoms with van der Waals surface area (Å²) >= 11 is 0. The second-order valence-corrected chi connectivity index (χ2v) is 5.87. The fraction of sp³-hybridized carbons (Fsp3) is 0.211. The molecule has 0 aliphatic heterocycles. The molecule has 0 saturated carbocycles. The predicted molar refractivity (Wildman–Crippen MR) is 99.5 cm³/mol. The van der Waals surface area contributed by atoms with E-state index in [1.807, 2.05) is 66.3 Å². The Morgan fingerprint density at radius 1 is 1.12 bits per heavy atom. The Morgan fingerprint density at radius 3 is 2.60 bits per heavy atom. The molecule has 6 nitrogen and oxygen atoms in total. The molecule has 0 radical (unpaired) electrons. The highest BCUT2D eigenvalue weighted by Crippen LogP contribution is 2.06. The lowest BCUT2D eigenvalue weighted by Crippen LogP contribution is -2.36. The molecule has 2 aromatic heterocycles. The van der Waals surface area contributed by atoms with E-state index in [-0.39, 0.29) is 0 Å². The maximum absolute atomic E-state index is 4.67. The molecule has 128 valence electrons. The van der Waals surface area contributed by atoms with E-state index in [0.29, 0.717) is 6.54 Å². The SMILES string of the molecule is CN(C)C(=NCc1ccc(-n2ccnc2)nc1)NCc1ccccc1. The zero-order valence-electron chi connectivity index (χ0n) is 14.5. The number of nitrogens with one attached hydrogen (secondary N) is 1. The highest BCUT2D eigenvalue weighted by Gasteiger charge is 2.03. The van der Waals surface area contributed by atoms with Crippen LogP contribution in [-0.2, 0) is 13.1 Å². The van der Waals surface area contributed by atoms with Crippen LogP contribution in [0.15, 0.2) is 72.4 Å². The smallest absolute Gasteiger partial charge is 0.194 e. The van der Waals surface area contributed by atoms with Crippen molar-refractivity contribution in [3.8, 4) is 5.82 Å². The molecular weight excluding hydrogens is 312 g/mol. The predicted octanol–water partition coefficient (Wildman–Crippen LogP) is 2.47. The summed E-state index contributed by atoms with van der Waals surface area (Å²) < 4.78 is 1.87. The molecule has 0 saturated heterocycles. The molecule has 0 aliphatic carbocycles. The summed E-state index contributed by atoms with van der Waals surface area (Å²) in [6, 6.07) is 14.3. The van der Waals surface area contributed by atoms with Crippen molar-refractivity contribution in [1.82, 2.24) is 24.8 Å². The van der Waals surface area contributed by atoms with E-state index in [9.17, 15) is 0 Å². The van der Waals surface area contributed by atoms with Crippen LogP contribution in [0.1, 0.15) is 11.1 Å². The summed E-state index contributed by atoms with van der Waals surface area (Å²) in [4.78, 5) is 15.1. The second kappa shape index (κ2) is 8.10. The number of pyridine rings is 1. The van der Waals surface area contributed by atoms with Crippen molar-refractivity contribution in [2.75, 3.05) is 14.1 Å². The summed E-state index contributed by atoms with van der Waals surface area (Å²) in [5.74, 6) is 1.70. The first-order chi connectivity index (χ1) is 12.2. The van der Waals surface area contributed by atoms with Gasteiger partial charge in [0.25, 0.3) is 0 Å². The van der Waals surface area contributed by atoms with E-state index in [1.54, 1.807) is 12.5 Å². The van der Waals surface area contributed by atoms with Gasteiger partial charge in [-0.3, -0.25) is 4.57 Å². The van der Waals surface area contributed by atoms with Crippen molar-refractivity contribution in [3.63, 3.8) is 0 Å². The number of nitrogens with zero attached hydrogens (tertiary/aromatic N) is 5.